The van der Waals surface area contributed by atoms with Crippen LogP contribution in [-0.4, -0.2) is 16.0 Å². The van der Waals surface area contributed by atoms with Gasteiger partial charge in [-0.15, -0.1) is 0 Å². The van der Waals surface area contributed by atoms with E-state index in [1.54, 1.807) is 12.4 Å². The van der Waals surface area contributed by atoms with Gasteiger partial charge in [0.05, 0.1) is 11.0 Å². The summed E-state index contributed by atoms with van der Waals surface area (Å²) in [6.07, 6.45) is 8.75. The van der Waals surface area contributed by atoms with Crippen LogP contribution in [0.15, 0.2) is 30.6 Å². The second kappa shape index (κ2) is 4.92. The molecule has 94 valence electrons. The van der Waals surface area contributed by atoms with Crippen molar-refractivity contribution in [3.8, 4) is 0 Å². The summed E-state index contributed by atoms with van der Waals surface area (Å²) in [5.41, 5.74) is 3.10. The Labute approximate surface area is 108 Å². The molecule has 0 amide bonds. The smallest absolute Gasteiger partial charge is 0.0907 e. The summed E-state index contributed by atoms with van der Waals surface area (Å²) in [7, 11) is 0. The van der Waals surface area contributed by atoms with Gasteiger partial charge in [0.25, 0.3) is 0 Å². The molecule has 3 rings (SSSR count). The lowest BCUT2D eigenvalue weighted by atomic mass is 10.0. The van der Waals surface area contributed by atoms with Crippen molar-refractivity contribution in [1.29, 1.82) is 0 Å². The topological polar surface area (TPSA) is 37.8 Å². The quantitative estimate of drug-likeness (QED) is 0.891. The highest BCUT2D eigenvalue weighted by atomic mass is 14.9. The third-order valence-electron chi connectivity index (χ3n) is 4.00. The average Bonchev–Trinajstić information content (AvgIpc) is 2.86. The van der Waals surface area contributed by atoms with Crippen LogP contribution in [0.1, 0.15) is 32.6 Å². The van der Waals surface area contributed by atoms with Gasteiger partial charge in [-0.2, -0.15) is 0 Å². The number of fused-ring (bicyclic) bond motifs is 1. The van der Waals surface area contributed by atoms with Crippen molar-refractivity contribution in [3.05, 3.63) is 30.6 Å². The molecule has 1 heterocycles. The van der Waals surface area contributed by atoms with Crippen LogP contribution < -0.4 is 5.32 Å². The molecule has 3 heteroatoms. The highest BCUT2D eigenvalue weighted by Gasteiger charge is 2.25. The van der Waals surface area contributed by atoms with E-state index in [0.29, 0.717) is 6.04 Å². The zero-order chi connectivity index (χ0) is 12.4. The van der Waals surface area contributed by atoms with Gasteiger partial charge < -0.3 is 5.32 Å². The SMILES string of the molecule is CCC1CCCC1Nc1ccc2nccnc2c1. The molecule has 0 aliphatic heterocycles. The van der Waals surface area contributed by atoms with Crippen molar-refractivity contribution in [1.82, 2.24) is 9.97 Å². The normalized spacial score (nSPS) is 23.4. The molecule has 1 N–H and O–H groups in total. The molecule has 18 heavy (non-hydrogen) atoms. The second-order valence-electron chi connectivity index (χ2n) is 5.11. The lowest BCUT2D eigenvalue weighted by Crippen LogP contribution is -2.23. The van der Waals surface area contributed by atoms with Crippen molar-refractivity contribution < 1.29 is 0 Å². The fraction of sp³-hybridized carbons (Fsp3) is 0.467. The number of hydrogen-bond acceptors (Lipinski definition) is 3. The van der Waals surface area contributed by atoms with Crippen molar-refractivity contribution in [2.45, 2.75) is 38.6 Å². The van der Waals surface area contributed by atoms with E-state index in [1.165, 1.54) is 31.4 Å². The Kier molecular flexibility index (Phi) is 3.13. The van der Waals surface area contributed by atoms with Gasteiger partial charge >= 0.3 is 0 Å². The van der Waals surface area contributed by atoms with E-state index in [-0.39, 0.29) is 0 Å². The van der Waals surface area contributed by atoms with Crippen LogP contribution in [0.4, 0.5) is 5.69 Å². The van der Waals surface area contributed by atoms with Crippen LogP contribution in [0.5, 0.6) is 0 Å². The van der Waals surface area contributed by atoms with Gasteiger partial charge in [0.15, 0.2) is 0 Å². The maximum Gasteiger partial charge on any atom is 0.0907 e. The monoisotopic (exact) mass is 241 g/mol. The fourth-order valence-corrected chi connectivity index (χ4v) is 2.98. The summed E-state index contributed by atoms with van der Waals surface area (Å²) in [5, 5.41) is 3.67. The van der Waals surface area contributed by atoms with Gasteiger partial charge in [-0.1, -0.05) is 19.8 Å². The molecule has 2 unspecified atom stereocenters. The number of benzene rings is 1. The largest absolute Gasteiger partial charge is 0.382 e. The minimum absolute atomic E-state index is 0.629. The Morgan fingerprint density at radius 3 is 2.83 bits per heavy atom. The molecule has 1 aliphatic carbocycles. The first-order valence-corrected chi connectivity index (χ1v) is 6.84. The fourth-order valence-electron chi connectivity index (χ4n) is 2.98. The summed E-state index contributed by atoms with van der Waals surface area (Å²) >= 11 is 0. The van der Waals surface area contributed by atoms with E-state index < -0.39 is 0 Å². The second-order valence-corrected chi connectivity index (χ2v) is 5.11. The lowest BCUT2D eigenvalue weighted by molar-refractivity contribution is 0.489. The predicted molar refractivity (Wildman–Crippen MR) is 74.6 cm³/mol. The van der Waals surface area contributed by atoms with Gasteiger partial charge in [0, 0.05) is 24.1 Å². The zero-order valence-corrected chi connectivity index (χ0v) is 10.8. The van der Waals surface area contributed by atoms with Gasteiger partial charge in [-0.25, -0.2) is 0 Å². The third kappa shape index (κ3) is 2.17. The van der Waals surface area contributed by atoms with Crippen LogP contribution in [0.25, 0.3) is 11.0 Å². The summed E-state index contributed by atoms with van der Waals surface area (Å²) in [4.78, 5) is 8.65. The maximum absolute atomic E-state index is 4.35. The van der Waals surface area contributed by atoms with E-state index in [1.807, 2.05) is 6.07 Å². The average molecular weight is 241 g/mol. The van der Waals surface area contributed by atoms with Crippen molar-refractivity contribution >= 4 is 16.7 Å². The zero-order valence-electron chi connectivity index (χ0n) is 10.8. The van der Waals surface area contributed by atoms with Crippen LogP contribution in [0.3, 0.4) is 0 Å². The van der Waals surface area contributed by atoms with Crippen LogP contribution >= 0.6 is 0 Å². The Morgan fingerprint density at radius 2 is 2.00 bits per heavy atom. The molecule has 1 aromatic heterocycles. The highest BCUT2D eigenvalue weighted by Crippen LogP contribution is 2.31. The van der Waals surface area contributed by atoms with E-state index in [2.05, 4.69) is 34.3 Å². The van der Waals surface area contributed by atoms with Gasteiger partial charge in [0.2, 0.25) is 0 Å². The van der Waals surface area contributed by atoms with Gasteiger partial charge in [-0.05, 0) is 37.0 Å². The van der Waals surface area contributed by atoms with E-state index in [0.717, 1.165) is 17.0 Å². The molecule has 3 nitrogen and oxygen atoms in total. The first-order valence-electron chi connectivity index (χ1n) is 6.84. The lowest BCUT2D eigenvalue weighted by Gasteiger charge is -2.20. The number of anilines is 1. The van der Waals surface area contributed by atoms with E-state index in [4.69, 9.17) is 0 Å². The molecular weight excluding hydrogens is 222 g/mol. The Hall–Kier alpha value is -1.64. The molecule has 1 aliphatic rings. The number of nitrogens with one attached hydrogen (secondary N) is 1. The summed E-state index contributed by atoms with van der Waals surface area (Å²) in [5.74, 6) is 0.822. The number of rotatable bonds is 3. The number of aromatic nitrogens is 2. The van der Waals surface area contributed by atoms with Gasteiger partial charge in [0.1, 0.15) is 0 Å². The molecular formula is C15H19N3. The minimum Gasteiger partial charge on any atom is -0.382 e. The van der Waals surface area contributed by atoms with Crippen molar-refractivity contribution in [2.24, 2.45) is 5.92 Å². The Balaban J connectivity index is 1.82. The van der Waals surface area contributed by atoms with Crippen LogP contribution in [0.2, 0.25) is 0 Å². The van der Waals surface area contributed by atoms with Crippen molar-refractivity contribution in [3.63, 3.8) is 0 Å². The van der Waals surface area contributed by atoms with Gasteiger partial charge in [-0.3, -0.25) is 9.97 Å². The van der Waals surface area contributed by atoms with E-state index in [9.17, 15) is 0 Å². The molecule has 1 saturated carbocycles. The van der Waals surface area contributed by atoms with E-state index >= 15 is 0 Å². The predicted octanol–water partition coefficient (Wildman–Crippen LogP) is 3.62. The summed E-state index contributed by atoms with van der Waals surface area (Å²) in [6, 6.07) is 6.89. The molecule has 1 fully saturated rings. The molecule has 0 spiro atoms. The molecule has 0 radical (unpaired) electrons. The number of nitrogens with zero attached hydrogens (tertiary/aromatic N) is 2. The molecule has 2 atom stereocenters. The number of hydrogen-bond donors (Lipinski definition) is 1. The highest BCUT2D eigenvalue weighted by molar-refractivity contribution is 5.78. The maximum atomic E-state index is 4.35. The Bertz CT molecular complexity index is 538. The molecule has 0 bridgehead atoms. The molecule has 2 aromatic rings. The third-order valence-corrected chi connectivity index (χ3v) is 4.00. The summed E-state index contributed by atoms with van der Waals surface area (Å²) in [6.45, 7) is 2.29. The van der Waals surface area contributed by atoms with Crippen LogP contribution in [0, 0.1) is 5.92 Å². The first-order chi connectivity index (χ1) is 8.86. The molecule has 1 aromatic carbocycles. The minimum atomic E-state index is 0.629. The molecule has 0 saturated heterocycles. The van der Waals surface area contributed by atoms with Crippen LogP contribution in [-0.2, 0) is 0 Å². The Morgan fingerprint density at radius 1 is 1.17 bits per heavy atom. The standard InChI is InChI=1S/C15H19N3/c1-2-11-4-3-5-13(11)18-12-6-7-14-15(10-12)17-9-8-16-14/h6-11,13,18H,2-5H2,1H3. The first kappa shape index (κ1) is 11.5. The summed E-state index contributed by atoms with van der Waals surface area (Å²) < 4.78 is 0. The van der Waals surface area contributed by atoms with Crippen molar-refractivity contribution in [2.75, 3.05) is 5.32 Å².